The zero-order valence-corrected chi connectivity index (χ0v) is 16.7. The second kappa shape index (κ2) is 10.8. The van der Waals surface area contributed by atoms with Gasteiger partial charge in [-0.25, -0.2) is 13.1 Å². The zero-order valence-electron chi connectivity index (χ0n) is 15.1. The van der Waals surface area contributed by atoms with Gasteiger partial charge in [0.05, 0.1) is 18.1 Å². The summed E-state index contributed by atoms with van der Waals surface area (Å²) in [5.41, 5.74) is 0.720. The van der Waals surface area contributed by atoms with Crippen LogP contribution in [0.5, 0.6) is 0 Å². The molecule has 9 nitrogen and oxygen atoms in total. The Kier molecular flexibility index (Phi) is 9.51. The fraction of sp³-hybridized carbons (Fsp3) is 0.733. The van der Waals surface area contributed by atoms with Crippen molar-refractivity contribution in [2.24, 2.45) is 7.05 Å². The summed E-state index contributed by atoms with van der Waals surface area (Å²) < 4.78 is 33.7. The Balaban J connectivity index is 0.00000338. The first-order valence-electron chi connectivity index (χ1n) is 8.44. The van der Waals surface area contributed by atoms with Crippen LogP contribution >= 0.6 is 12.4 Å². The number of aromatic nitrogens is 2. The number of nitrogens with one attached hydrogen (secondary N) is 3. The normalized spacial score (nSPS) is 18.8. The van der Waals surface area contributed by atoms with E-state index < -0.39 is 16.1 Å². The summed E-state index contributed by atoms with van der Waals surface area (Å²) in [4.78, 5) is 12.2. The molecule has 0 aromatic carbocycles. The van der Waals surface area contributed by atoms with E-state index in [0.29, 0.717) is 6.61 Å². The number of nitrogens with zero attached hydrogens (tertiary/aromatic N) is 2. The quantitative estimate of drug-likeness (QED) is 0.516. The van der Waals surface area contributed by atoms with Crippen molar-refractivity contribution in [2.45, 2.75) is 31.4 Å². The standard InChI is InChI=1S/C15H27N5O4S.ClH/c1-16-14(12-9-18-20(2)11-12)15(21)17-6-8-25(22,23)19-10-13-5-3-4-7-24-13;/h9,11,13-14,16,19H,3-8,10H2,1-2H3,(H,17,21);1H. The third-order valence-electron chi connectivity index (χ3n) is 4.08. The fourth-order valence-corrected chi connectivity index (χ4v) is 3.66. The van der Waals surface area contributed by atoms with Gasteiger partial charge < -0.3 is 15.4 Å². The molecule has 26 heavy (non-hydrogen) atoms. The molecule has 2 unspecified atom stereocenters. The van der Waals surface area contributed by atoms with Crippen LogP contribution in [0.4, 0.5) is 0 Å². The van der Waals surface area contributed by atoms with E-state index in [1.807, 2.05) is 0 Å². The molecule has 2 heterocycles. The number of sulfonamides is 1. The number of hydrogen-bond donors (Lipinski definition) is 3. The Labute approximate surface area is 160 Å². The van der Waals surface area contributed by atoms with Gasteiger partial charge in [-0.05, 0) is 26.3 Å². The van der Waals surface area contributed by atoms with Crippen LogP contribution in [0.15, 0.2) is 12.4 Å². The van der Waals surface area contributed by atoms with Crippen LogP contribution < -0.4 is 15.4 Å². The maximum absolute atomic E-state index is 12.2. The van der Waals surface area contributed by atoms with Crippen molar-refractivity contribution in [3.8, 4) is 0 Å². The molecule has 1 aliphatic rings. The number of amides is 1. The molecule has 3 N–H and O–H groups in total. The van der Waals surface area contributed by atoms with Crippen LogP contribution in [-0.4, -0.2) is 62.7 Å². The van der Waals surface area contributed by atoms with E-state index in [0.717, 1.165) is 24.8 Å². The summed E-state index contributed by atoms with van der Waals surface area (Å²) in [6.07, 6.45) is 6.24. The summed E-state index contributed by atoms with van der Waals surface area (Å²) in [5.74, 6) is -0.462. The SMILES string of the molecule is CNC(C(=O)NCCS(=O)(=O)NCC1CCCCO1)c1cnn(C)c1.Cl. The van der Waals surface area contributed by atoms with E-state index in [1.165, 1.54) is 0 Å². The molecule has 2 atom stereocenters. The molecular formula is C15H28ClN5O4S. The molecule has 0 radical (unpaired) electrons. The van der Waals surface area contributed by atoms with E-state index in [1.54, 1.807) is 31.2 Å². The molecule has 1 fully saturated rings. The Hall–Kier alpha value is -1.20. The first-order valence-corrected chi connectivity index (χ1v) is 10.1. The van der Waals surface area contributed by atoms with Crippen molar-refractivity contribution in [2.75, 3.05) is 32.5 Å². The topological polar surface area (TPSA) is 114 Å². The summed E-state index contributed by atoms with van der Waals surface area (Å²) in [5, 5.41) is 9.58. The van der Waals surface area contributed by atoms with Gasteiger partial charge in [0.2, 0.25) is 15.9 Å². The lowest BCUT2D eigenvalue weighted by atomic mass is 10.1. The lowest BCUT2D eigenvalue weighted by Gasteiger charge is -2.22. The number of rotatable bonds is 9. The predicted molar refractivity (Wildman–Crippen MR) is 101 cm³/mol. The van der Waals surface area contributed by atoms with Crippen LogP contribution in [0.1, 0.15) is 30.9 Å². The summed E-state index contributed by atoms with van der Waals surface area (Å²) in [6.45, 7) is 1.01. The van der Waals surface area contributed by atoms with Crippen molar-refractivity contribution in [1.82, 2.24) is 25.1 Å². The molecule has 1 amide bonds. The largest absolute Gasteiger partial charge is 0.377 e. The molecule has 1 saturated heterocycles. The van der Waals surface area contributed by atoms with E-state index in [-0.39, 0.29) is 43.3 Å². The molecule has 2 rings (SSSR count). The van der Waals surface area contributed by atoms with Crippen LogP contribution in [0.2, 0.25) is 0 Å². The molecule has 11 heteroatoms. The Morgan fingerprint density at radius 3 is 2.81 bits per heavy atom. The van der Waals surface area contributed by atoms with Gasteiger partial charge in [-0.3, -0.25) is 9.48 Å². The summed E-state index contributed by atoms with van der Waals surface area (Å²) >= 11 is 0. The van der Waals surface area contributed by atoms with Crippen molar-refractivity contribution < 1.29 is 17.9 Å². The van der Waals surface area contributed by atoms with Crippen molar-refractivity contribution >= 4 is 28.3 Å². The minimum absolute atomic E-state index is 0. The van der Waals surface area contributed by atoms with Gasteiger partial charge in [-0.1, -0.05) is 0 Å². The molecule has 0 aliphatic carbocycles. The number of carbonyl (C=O) groups is 1. The predicted octanol–water partition coefficient (Wildman–Crippen LogP) is -0.293. The van der Waals surface area contributed by atoms with Crippen molar-refractivity contribution in [3.05, 3.63) is 18.0 Å². The van der Waals surface area contributed by atoms with Gasteiger partial charge in [-0.15, -0.1) is 12.4 Å². The molecule has 150 valence electrons. The lowest BCUT2D eigenvalue weighted by Crippen LogP contribution is -2.41. The number of halogens is 1. The van der Waals surface area contributed by atoms with E-state index >= 15 is 0 Å². The van der Waals surface area contributed by atoms with Crippen LogP contribution in [-0.2, 0) is 26.6 Å². The molecule has 0 saturated carbocycles. The van der Waals surface area contributed by atoms with E-state index in [4.69, 9.17) is 4.74 Å². The minimum atomic E-state index is -3.45. The summed E-state index contributed by atoms with van der Waals surface area (Å²) in [6, 6.07) is -0.569. The highest BCUT2D eigenvalue weighted by Gasteiger charge is 2.21. The average Bonchev–Trinajstić information content (AvgIpc) is 3.01. The van der Waals surface area contributed by atoms with Gasteiger partial charge in [0, 0.05) is 38.5 Å². The van der Waals surface area contributed by atoms with Gasteiger partial charge >= 0.3 is 0 Å². The van der Waals surface area contributed by atoms with Crippen LogP contribution in [0.25, 0.3) is 0 Å². The molecular weight excluding hydrogens is 382 g/mol. The second-order valence-electron chi connectivity index (χ2n) is 6.12. The maximum Gasteiger partial charge on any atom is 0.241 e. The number of aryl methyl sites for hydroxylation is 1. The van der Waals surface area contributed by atoms with Crippen molar-refractivity contribution in [3.63, 3.8) is 0 Å². The Morgan fingerprint density at radius 2 is 2.23 bits per heavy atom. The average molecular weight is 410 g/mol. The van der Waals surface area contributed by atoms with Crippen molar-refractivity contribution in [1.29, 1.82) is 0 Å². The highest BCUT2D eigenvalue weighted by Crippen LogP contribution is 2.12. The molecule has 1 aliphatic heterocycles. The minimum Gasteiger partial charge on any atom is -0.377 e. The molecule has 1 aromatic heterocycles. The second-order valence-corrected chi connectivity index (χ2v) is 8.04. The fourth-order valence-electron chi connectivity index (χ4n) is 2.71. The Morgan fingerprint density at radius 1 is 1.46 bits per heavy atom. The maximum atomic E-state index is 12.2. The van der Waals surface area contributed by atoms with E-state index in [2.05, 4.69) is 20.5 Å². The number of likely N-dealkylation sites (N-methyl/N-ethyl adjacent to an activating group) is 1. The zero-order chi connectivity index (χ0) is 18.3. The van der Waals surface area contributed by atoms with Gasteiger partial charge in [0.15, 0.2) is 0 Å². The monoisotopic (exact) mass is 409 g/mol. The highest BCUT2D eigenvalue weighted by atomic mass is 35.5. The number of carbonyl (C=O) groups excluding carboxylic acids is 1. The molecule has 0 spiro atoms. The third kappa shape index (κ3) is 7.20. The first-order chi connectivity index (χ1) is 11.9. The van der Waals surface area contributed by atoms with E-state index in [9.17, 15) is 13.2 Å². The smallest absolute Gasteiger partial charge is 0.241 e. The van der Waals surface area contributed by atoms with Gasteiger partial charge in [-0.2, -0.15) is 5.10 Å². The number of hydrogen-bond acceptors (Lipinski definition) is 6. The lowest BCUT2D eigenvalue weighted by molar-refractivity contribution is -0.123. The van der Waals surface area contributed by atoms with Crippen LogP contribution in [0.3, 0.4) is 0 Å². The molecule has 0 bridgehead atoms. The number of ether oxygens (including phenoxy) is 1. The first kappa shape index (κ1) is 22.8. The highest BCUT2D eigenvalue weighted by molar-refractivity contribution is 7.89. The van der Waals surface area contributed by atoms with Gasteiger partial charge in [0.25, 0.3) is 0 Å². The Bertz CT molecular complexity index is 661. The molecule has 1 aromatic rings. The van der Waals surface area contributed by atoms with Crippen LogP contribution in [0, 0.1) is 0 Å². The van der Waals surface area contributed by atoms with Gasteiger partial charge in [0.1, 0.15) is 6.04 Å². The third-order valence-corrected chi connectivity index (χ3v) is 5.43. The summed E-state index contributed by atoms with van der Waals surface area (Å²) in [7, 11) is -0.0185.